The molecule has 1 aliphatic carbocycles. The third-order valence-electron chi connectivity index (χ3n) is 8.65. The van der Waals surface area contributed by atoms with Gasteiger partial charge < -0.3 is 25.8 Å². The minimum Gasteiger partial charge on any atom is -0.347 e. The molecule has 6 rings (SSSR count). The van der Waals surface area contributed by atoms with E-state index in [9.17, 15) is 19.2 Å². The number of amides is 5. The average molecular weight is 531 g/mol. The summed E-state index contributed by atoms with van der Waals surface area (Å²) < 4.78 is 0. The van der Waals surface area contributed by atoms with Gasteiger partial charge in [-0.3, -0.25) is 14.4 Å². The molecule has 2 aromatic rings. The van der Waals surface area contributed by atoms with Crippen molar-refractivity contribution in [3.8, 4) is 0 Å². The van der Waals surface area contributed by atoms with Crippen LogP contribution in [0.1, 0.15) is 48.8 Å². The van der Waals surface area contributed by atoms with Crippen LogP contribution in [0.25, 0.3) is 0 Å². The predicted molar refractivity (Wildman–Crippen MR) is 145 cm³/mol. The van der Waals surface area contributed by atoms with E-state index in [0.29, 0.717) is 50.3 Å². The fourth-order valence-electron chi connectivity index (χ4n) is 6.48. The smallest absolute Gasteiger partial charge is 0.319 e. The lowest BCUT2D eigenvalue weighted by Crippen LogP contribution is -2.50. The molecule has 1 aromatic carbocycles. The summed E-state index contributed by atoms with van der Waals surface area (Å²) in [5.41, 5.74) is 3.00. The van der Waals surface area contributed by atoms with Gasteiger partial charge in [-0.1, -0.05) is 12.1 Å². The van der Waals surface area contributed by atoms with Crippen LogP contribution in [0.15, 0.2) is 36.5 Å². The van der Waals surface area contributed by atoms with Gasteiger partial charge in [-0.15, -0.1) is 0 Å². The van der Waals surface area contributed by atoms with E-state index < -0.39 is 5.41 Å². The third kappa shape index (κ3) is 4.84. The van der Waals surface area contributed by atoms with Crippen molar-refractivity contribution in [3.05, 3.63) is 53.2 Å². The number of benzene rings is 1. The summed E-state index contributed by atoms with van der Waals surface area (Å²) in [5.74, 6) is -0.0666. The first-order valence-electron chi connectivity index (χ1n) is 13.9. The van der Waals surface area contributed by atoms with Gasteiger partial charge in [0, 0.05) is 49.5 Å². The minimum atomic E-state index is -0.656. The average Bonchev–Trinajstić information content (AvgIpc) is 3.48. The molecule has 0 saturated carbocycles. The van der Waals surface area contributed by atoms with Gasteiger partial charge in [0.25, 0.3) is 0 Å². The molecule has 0 bridgehead atoms. The van der Waals surface area contributed by atoms with Gasteiger partial charge in [0.15, 0.2) is 0 Å². The largest absolute Gasteiger partial charge is 0.347 e. The van der Waals surface area contributed by atoms with Crippen LogP contribution in [0.3, 0.4) is 0 Å². The number of fused-ring (bicyclic) bond motifs is 3. The summed E-state index contributed by atoms with van der Waals surface area (Å²) in [6.07, 6.45) is 7.32. The molecule has 2 saturated heterocycles. The molecular formula is C29H34N6O4. The molecule has 3 aliphatic heterocycles. The number of hydrogen-bond donors (Lipinski definition) is 3. The van der Waals surface area contributed by atoms with Crippen molar-refractivity contribution in [3.63, 3.8) is 0 Å². The van der Waals surface area contributed by atoms with Crippen LogP contribution in [0.2, 0.25) is 0 Å². The Bertz CT molecular complexity index is 1310. The SMILES string of the molecule is O=C(CNC(=O)C1CCN(C(=O)N2CCCCC2)CC1)Nc1ccc2c(c1)CC1(C2)C(=O)Nc2ncccc21. The Morgan fingerprint density at radius 1 is 0.974 bits per heavy atom. The molecule has 10 nitrogen and oxygen atoms in total. The number of likely N-dealkylation sites (tertiary alicyclic amines) is 2. The maximum absolute atomic E-state index is 12.9. The van der Waals surface area contributed by atoms with Gasteiger partial charge in [0.1, 0.15) is 5.82 Å². The quantitative estimate of drug-likeness (QED) is 0.560. The zero-order valence-electron chi connectivity index (χ0n) is 22.0. The van der Waals surface area contributed by atoms with Crippen molar-refractivity contribution in [2.24, 2.45) is 5.92 Å². The number of rotatable bonds is 4. The molecule has 0 radical (unpaired) electrons. The lowest BCUT2D eigenvalue weighted by atomic mass is 9.79. The normalized spacial score (nSPS) is 22.3. The molecule has 39 heavy (non-hydrogen) atoms. The Labute approximate surface area is 227 Å². The van der Waals surface area contributed by atoms with Crippen molar-refractivity contribution < 1.29 is 19.2 Å². The first kappa shape index (κ1) is 25.3. The van der Waals surface area contributed by atoms with E-state index in [0.717, 1.165) is 42.6 Å². The number of hydrogen-bond acceptors (Lipinski definition) is 5. The zero-order valence-corrected chi connectivity index (χ0v) is 22.0. The van der Waals surface area contributed by atoms with E-state index in [1.54, 1.807) is 6.20 Å². The molecule has 204 valence electrons. The summed E-state index contributed by atoms with van der Waals surface area (Å²) in [6.45, 7) is 2.65. The van der Waals surface area contributed by atoms with Crippen molar-refractivity contribution in [1.82, 2.24) is 20.1 Å². The molecule has 4 aliphatic rings. The fraction of sp³-hybridized carbons (Fsp3) is 0.483. The number of nitrogens with zero attached hydrogens (tertiary/aromatic N) is 3. The monoisotopic (exact) mass is 530 g/mol. The Balaban J connectivity index is 0.989. The second-order valence-electron chi connectivity index (χ2n) is 11.1. The van der Waals surface area contributed by atoms with Gasteiger partial charge in [0.2, 0.25) is 17.7 Å². The standard InChI is InChI=1S/C29H34N6O4/c36-24(18-31-26(37)19-8-13-35(14-9-19)28(39)34-11-2-1-3-12-34)32-22-7-6-20-16-29(17-21(20)15-22)23-5-4-10-30-25(23)33-27(29)38/h4-7,10,15,19H,1-3,8-9,11-14,16-18H2,(H,31,37)(H,32,36)(H,30,33,38). The Hall–Kier alpha value is -3.95. The van der Waals surface area contributed by atoms with Crippen LogP contribution in [-0.2, 0) is 32.6 Å². The van der Waals surface area contributed by atoms with Crippen LogP contribution in [-0.4, -0.2) is 71.3 Å². The maximum atomic E-state index is 12.9. The second-order valence-corrected chi connectivity index (χ2v) is 11.1. The van der Waals surface area contributed by atoms with Gasteiger partial charge in [0.05, 0.1) is 12.0 Å². The first-order valence-corrected chi connectivity index (χ1v) is 13.9. The van der Waals surface area contributed by atoms with Crippen LogP contribution in [0.5, 0.6) is 0 Å². The Kier molecular flexibility index (Phi) is 6.70. The van der Waals surface area contributed by atoms with Crippen LogP contribution < -0.4 is 16.0 Å². The van der Waals surface area contributed by atoms with Gasteiger partial charge >= 0.3 is 6.03 Å². The number of piperidine rings is 2. The summed E-state index contributed by atoms with van der Waals surface area (Å²) >= 11 is 0. The molecule has 1 unspecified atom stereocenters. The highest BCUT2D eigenvalue weighted by molar-refractivity contribution is 6.06. The summed E-state index contributed by atoms with van der Waals surface area (Å²) in [4.78, 5) is 59.0. The number of carbonyl (C=O) groups excluding carboxylic acids is 4. The van der Waals surface area contributed by atoms with Gasteiger partial charge in [-0.2, -0.15) is 0 Å². The number of pyridine rings is 1. The Morgan fingerprint density at radius 3 is 2.51 bits per heavy atom. The lowest BCUT2D eigenvalue weighted by Gasteiger charge is -2.36. The Morgan fingerprint density at radius 2 is 1.72 bits per heavy atom. The molecule has 1 aromatic heterocycles. The minimum absolute atomic E-state index is 0.0395. The number of anilines is 2. The number of urea groups is 1. The second kappa shape index (κ2) is 10.3. The first-order chi connectivity index (χ1) is 18.9. The van der Waals surface area contributed by atoms with E-state index in [4.69, 9.17) is 0 Å². The van der Waals surface area contributed by atoms with Gasteiger partial charge in [-0.25, -0.2) is 9.78 Å². The molecule has 3 N–H and O–H groups in total. The molecule has 4 heterocycles. The van der Waals surface area contributed by atoms with Crippen LogP contribution >= 0.6 is 0 Å². The van der Waals surface area contributed by atoms with E-state index in [2.05, 4.69) is 20.9 Å². The van der Waals surface area contributed by atoms with E-state index in [1.165, 1.54) is 6.42 Å². The molecule has 5 amide bonds. The molecule has 2 fully saturated rings. The number of aromatic nitrogens is 1. The van der Waals surface area contributed by atoms with E-state index in [1.807, 2.05) is 40.1 Å². The summed E-state index contributed by atoms with van der Waals surface area (Å²) in [5, 5.41) is 8.54. The highest BCUT2D eigenvalue weighted by Gasteiger charge is 2.51. The number of carbonyl (C=O) groups is 4. The highest BCUT2D eigenvalue weighted by Crippen LogP contribution is 2.46. The van der Waals surface area contributed by atoms with Crippen molar-refractivity contribution in [2.75, 3.05) is 43.4 Å². The maximum Gasteiger partial charge on any atom is 0.319 e. The molecule has 10 heteroatoms. The number of nitrogens with one attached hydrogen (secondary N) is 3. The predicted octanol–water partition coefficient (Wildman–Crippen LogP) is 2.44. The zero-order chi connectivity index (χ0) is 27.0. The molecule has 1 spiro atoms. The highest BCUT2D eigenvalue weighted by atomic mass is 16.2. The van der Waals surface area contributed by atoms with Crippen molar-refractivity contribution >= 4 is 35.3 Å². The molecular weight excluding hydrogens is 496 g/mol. The van der Waals surface area contributed by atoms with Crippen LogP contribution in [0.4, 0.5) is 16.3 Å². The van der Waals surface area contributed by atoms with Crippen molar-refractivity contribution in [2.45, 2.75) is 50.4 Å². The van der Waals surface area contributed by atoms with E-state index >= 15 is 0 Å². The topological polar surface area (TPSA) is 124 Å². The van der Waals surface area contributed by atoms with E-state index in [-0.39, 0.29) is 36.2 Å². The van der Waals surface area contributed by atoms with Gasteiger partial charge in [-0.05, 0) is 74.3 Å². The summed E-state index contributed by atoms with van der Waals surface area (Å²) in [7, 11) is 0. The van der Waals surface area contributed by atoms with Crippen molar-refractivity contribution in [1.29, 1.82) is 0 Å². The third-order valence-corrected chi connectivity index (χ3v) is 8.65. The fourth-order valence-corrected chi connectivity index (χ4v) is 6.48. The van der Waals surface area contributed by atoms with Crippen LogP contribution in [0, 0.1) is 5.92 Å². The molecule has 1 atom stereocenters. The lowest BCUT2D eigenvalue weighted by molar-refractivity contribution is -0.128. The summed E-state index contributed by atoms with van der Waals surface area (Å²) in [6, 6.07) is 9.60.